The molecule has 1 fully saturated rings. The van der Waals surface area contributed by atoms with E-state index in [0.717, 1.165) is 5.56 Å². The number of carbonyl (C=O) groups is 3. The van der Waals surface area contributed by atoms with E-state index in [-0.39, 0.29) is 30.8 Å². The molecule has 0 saturated carbocycles. The number of hydrogen-bond acceptors (Lipinski definition) is 4. The number of aliphatic carboxylic acids is 1. The van der Waals surface area contributed by atoms with Crippen molar-refractivity contribution in [3.63, 3.8) is 0 Å². The van der Waals surface area contributed by atoms with Crippen molar-refractivity contribution in [2.24, 2.45) is 0 Å². The van der Waals surface area contributed by atoms with Gasteiger partial charge >= 0.3 is 5.97 Å². The molecular formula is C15H18N2O4. The van der Waals surface area contributed by atoms with Gasteiger partial charge in [0.05, 0.1) is 19.0 Å². The van der Waals surface area contributed by atoms with Crippen LogP contribution in [0.25, 0.3) is 0 Å². The summed E-state index contributed by atoms with van der Waals surface area (Å²) in [6, 6.07) is 6.85. The number of nitrogens with zero attached hydrogens (tertiary/aromatic N) is 1. The number of carbonyl (C=O) groups excluding carboxylic acids is 2. The van der Waals surface area contributed by atoms with E-state index in [1.807, 2.05) is 19.1 Å². The molecule has 112 valence electrons. The monoisotopic (exact) mass is 290 g/mol. The van der Waals surface area contributed by atoms with Crippen LogP contribution in [0.5, 0.6) is 0 Å². The Hall–Kier alpha value is -2.21. The maximum Gasteiger partial charge on any atom is 0.307 e. The van der Waals surface area contributed by atoms with Gasteiger partial charge in [-0.25, -0.2) is 0 Å². The van der Waals surface area contributed by atoms with Crippen molar-refractivity contribution in [3.05, 3.63) is 35.4 Å². The smallest absolute Gasteiger partial charge is 0.307 e. The first kappa shape index (κ1) is 15.2. The Bertz CT molecular complexity index is 571. The lowest BCUT2D eigenvalue weighted by Crippen LogP contribution is -2.57. The lowest BCUT2D eigenvalue weighted by atomic mass is 10.0. The van der Waals surface area contributed by atoms with Crippen LogP contribution in [0.3, 0.4) is 0 Å². The summed E-state index contributed by atoms with van der Waals surface area (Å²) in [6.07, 6.45) is 0.529. The molecular weight excluding hydrogens is 272 g/mol. The highest BCUT2D eigenvalue weighted by molar-refractivity contribution is 6.01. The average Bonchev–Trinajstić information content (AvgIpc) is 2.40. The molecule has 0 radical (unpaired) electrons. The fraction of sp³-hybridized carbons (Fsp3) is 0.400. The van der Waals surface area contributed by atoms with E-state index < -0.39 is 5.97 Å². The molecule has 0 aromatic heterocycles. The molecule has 0 spiro atoms. The third-order valence-electron chi connectivity index (χ3n) is 3.57. The molecule has 2 amide bonds. The molecule has 1 unspecified atom stereocenters. The van der Waals surface area contributed by atoms with Gasteiger partial charge in [-0.05, 0) is 17.5 Å². The summed E-state index contributed by atoms with van der Waals surface area (Å²) in [5.41, 5.74) is 1.54. The van der Waals surface area contributed by atoms with Crippen LogP contribution in [0.15, 0.2) is 24.3 Å². The number of rotatable bonds is 5. The highest BCUT2D eigenvalue weighted by atomic mass is 16.4. The molecule has 1 aromatic carbocycles. The maximum atomic E-state index is 11.8. The molecule has 1 aromatic rings. The molecule has 21 heavy (non-hydrogen) atoms. The zero-order chi connectivity index (χ0) is 15.4. The zero-order valence-electron chi connectivity index (χ0n) is 11.8. The summed E-state index contributed by atoms with van der Waals surface area (Å²) < 4.78 is 0. The fourth-order valence-electron chi connectivity index (χ4n) is 2.60. The van der Waals surface area contributed by atoms with E-state index in [9.17, 15) is 14.4 Å². The van der Waals surface area contributed by atoms with E-state index in [2.05, 4.69) is 5.32 Å². The van der Waals surface area contributed by atoms with Crippen LogP contribution in [-0.4, -0.2) is 40.4 Å². The van der Waals surface area contributed by atoms with Crippen LogP contribution >= 0.6 is 0 Å². The first-order chi connectivity index (χ1) is 10.0. The van der Waals surface area contributed by atoms with Gasteiger partial charge in [-0.1, -0.05) is 31.2 Å². The number of piperazine rings is 1. The summed E-state index contributed by atoms with van der Waals surface area (Å²) in [5.74, 6) is -1.51. The lowest BCUT2D eigenvalue weighted by Gasteiger charge is -2.33. The molecule has 1 aliphatic rings. The molecule has 6 nitrogen and oxygen atoms in total. The Morgan fingerprint density at radius 3 is 2.62 bits per heavy atom. The third kappa shape index (κ3) is 3.66. The number of carboxylic acid groups (broad SMARTS) is 1. The highest BCUT2D eigenvalue weighted by Crippen LogP contribution is 2.17. The predicted molar refractivity (Wildman–Crippen MR) is 75.4 cm³/mol. The van der Waals surface area contributed by atoms with E-state index in [0.29, 0.717) is 18.5 Å². The number of amides is 2. The van der Waals surface area contributed by atoms with E-state index in [1.54, 1.807) is 17.0 Å². The Kier molecular flexibility index (Phi) is 4.70. The summed E-state index contributed by atoms with van der Waals surface area (Å²) in [5, 5.41) is 11.3. The molecule has 1 atom stereocenters. The van der Waals surface area contributed by atoms with Gasteiger partial charge < -0.3 is 5.11 Å². The van der Waals surface area contributed by atoms with Crippen molar-refractivity contribution in [2.75, 3.05) is 6.54 Å². The van der Waals surface area contributed by atoms with Crippen molar-refractivity contribution < 1.29 is 19.5 Å². The molecule has 2 rings (SSSR count). The number of hydrogen-bond donors (Lipinski definition) is 2. The van der Waals surface area contributed by atoms with E-state index >= 15 is 0 Å². The third-order valence-corrected chi connectivity index (χ3v) is 3.57. The topological polar surface area (TPSA) is 86.7 Å². The van der Waals surface area contributed by atoms with Gasteiger partial charge in [0.2, 0.25) is 11.8 Å². The van der Waals surface area contributed by atoms with Crippen LogP contribution in [0.1, 0.15) is 24.5 Å². The van der Waals surface area contributed by atoms with Gasteiger partial charge in [0.15, 0.2) is 0 Å². The maximum absolute atomic E-state index is 11.8. The van der Waals surface area contributed by atoms with Gasteiger partial charge in [-0.2, -0.15) is 0 Å². The second-order valence-electron chi connectivity index (χ2n) is 5.08. The first-order valence-electron chi connectivity index (χ1n) is 6.87. The fourth-order valence-corrected chi connectivity index (χ4v) is 2.60. The van der Waals surface area contributed by atoms with Crippen LogP contribution < -0.4 is 5.32 Å². The quantitative estimate of drug-likeness (QED) is 0.773. The molecule has 6 heteroatoms. The minimum atomic E-state index is -0.901. The van der Waals surface area contributed by atoms with Crippen molar-refractivity contribution in [3.8, 4) is 0 Å². The summed E-state index contributed by atoms with van der Waals surface area (Å²) in [7, 11) is 0. The Morgan fingerprint density at radius 2 is 2.00 bits per heavy atom. The molecule has 2 N–H and O–H groups in total. The second-order valence-corrected chi connectivity index (χ2v) is 5.08. The molecule has 1 aliphatic heterocycles. The van der Waals surface area contributed by atoms with Crippen molar-refractivity contribution in [2.45, 2.75) is 32.4 Å². The van der Waals surface area contributed by atoms with Crippen LogP contribution in [0.4, 0.5) is 0 Å². The second kappa shape index (κ2) is 6.49. The Balaban J connectivity index is 2.21. The highest BCUT2D eigenvalue weighted by Gasteiger charge is 2.32. The lowest BCUT2D eigenvalue weighted by molar-refractivity contribution is -0.141. The summed E-state index contributed by atoms with van der Waals surface area (Å²) in [4.78, 5) is 36.1. The SMILES string of the molecule is CCC1C(=O)NC(=O)CN1Cc1ccccc1CC(=O)O. The molecule has 0 aliphatic carbocycles. The van der Waals surface area contributed by atoms with Crippen LogP contribution in [0.2, 0.25) is 0 Å². The summed E-state index contributed by atoms with van der Waals surface area (Å²) in [6.45, 7) is 2.42. The van der Waals surface area contributed by atoms with Crippen molar-refractivity contribution >= 4 is 17.8 Å². The van der Waals surface area contributed by atoms with Crippen molar-refractivity contribution in [1.29, 1.82) is 0 Å². The number of benzene rings is 1. The number of carboxylic acids is 1. The largest absolute Gasteiger partial charge is 0.481 e. The van der Waals surface area contributed by atoms with Gasteiger partial charge in [-0.15, -0.1) is 0 Å². The Morgan fingerprint density at radius 1 is 1.33 bits per heavy atom. The number of nitrogens with one attached hydrogen (secondary N) is 1. The van der Waals surface area contributed by atoms with Crippen LogP contribution in [0, 0.1) is 0 Å². The minimum Gasteiger partial charge on any atom is -0.481 e. The summed E-state index contributed by atoms with van der Waals surface area (Å²) >= 11 is 0. The molecule has 1 saturated heterocycles. The van der Waals surface area contributed by atoms with Crippen molar-refractivity contribution in [1.82, 2.24) is 10.2 Å². The average molecular weight is 290 g/mol. The molecule has 1 heterocycles. The standard InChI is InChI=1S/C15H18N2O4/c1-2-12-15(21)16-13(18)9-17(12)8-11-6-4-3-5-10(11)7-14(19)20/h3-6,12H,2,7-9H2,1H3,(H,19,20)(H,16,18,21). The Labute approximate surface area is 122 Å². The zero-order valence-corrected chi connectivity index (χ0v) is 11.8. The van der Waals surface area contributed by atoms with Crippen LogP contribution in [-0.2, 0) is 27.3 Å². The van der Waals surface area contributed by atoms with Gasteiger partial charge in [0, 0.05) is 6.54 Å². The van der Waals surface area contributed by atoms with Gasteiger partial charge in [0.1, 0.15) is 0 Å². The van der Waals surface area contributed by atoms with E-state index in [1.165, 1.54) is 0 Å². The normalized spacial score (nSPS) is 19.4. The van der Waals surface area contributed by atoms with Gasteiger partial charge in [-0.3, -0.25) is 24.6 Å². The predicted octanol–water partition coefficient (Wildman–Crippen LogP) is 0.551. The van der Waals surface area contributed by atoms with Gasteiger partial charge in [0.25, 0.3) is 0 Å². The molecule has 0 bridgehead atoms. The first-order valence-corrected chi connectivity index (χ1v) is 6.87. The minimum absolute atomic E-state index is 0.0685. The van der Waals surface area contributed by atoms with E-state index in [4.69, 9.17) is 5.11 Å². The number of imide groups is 1.